The molecule has 0 N–H and O–H groups in total. The minimum Gasteiger partial charge on any atom is -0.437 e. The minimum absolute atomic E-state index is 0.0413. The predicted octanol–water partition coefficient (Wildman–Crippen LogP) is 2.88. The molecule has 0 aliphatic heterocycles. The van der Waals surface area contributed by atoms with Crippen molar-refractivity contribution in [1.82, 2.24) is 10.2 Å². The third-order valence-electron chi connectivity index (χ3n) is 2.13. The Hall–Kier alpha value is -2.82. The molecule has 5 nitrogen and oxygen atoms in total. The molecule has 0 saturated carbocycles. The van der Waals surface area contributed by atoms with E-state index in [1.54, 1.807) is 0 Å². The molecule has 0 aliphatic rings. The number of ether oxygens (including phenoxy) is 2. The van der Waals surface area contributed by atoms with Gasteiger partial charge in [0.25, 0.3) is 0 Å². The van der Waals surface area contributed by atoms with Crippen molar-refractivity contribution in [3.63, 3.8) is 0 Å². The van der Waals surface area contributed by atoms with Gasteiger partial charge in [-0.15, -0.1) is 5.10 Å². The molecule has 1 aromatic heterocycles. The average molecular weight is 281 g/mol. The van der Waals surface area contributed by atoms with Gasteiger partial charge in [0.15, 0.2) is 5.75 Å². The zero-order chi connectivity index (χ0) is 14.5. The highest BCUT2D eigenvalue weighted by atomic mass is 19.3. The van der Waals surface area contributed by atoms with Crippen LogP contribution in [0.25, 0.3) is 0 Å². The van der Waals surface area contributed by atoms with Crippen LogP contribution in [0.4, 0.5) is 13.2 Å². The van der Waals surface area contributed by atoms with E-state index in [-0.39, 0.29) is 11.6 Å². The van der Waals surface area contributed by atoms with Crippen molar-refractivity contribution in [2.45, 2.75) is 6.61 Å². The van der Waals surface area contributed by atoms with E-state index < -0.39 is 23.7 Å². The van der Waals surface area contributed by atoms with E-state index in [2.05, 4.69) is 14.9 Å². The fraction of sp³-hybridized carbons (Fsp3) is 0.0833. The molecule has 0 spiro atoms. The van der Waals surface area contributed by atoms with Gasteiger partial charge in [0.2, 0.25) is 5.88 Å². The van der Waals surface area contributed by atoms with E-state index in [1.807, 2.05) is 0 Å². The molecular formula is C12H6F3N3O2. The summed E-state index contributed by atoms with van der Waals surface area (Å²) in [4.78, 5) is 0. The number of halogens is 3. The summed E-state index contributed by atoms with van der Waals surface area (Å²) >= 11 is 0. The summed E-state index contributed by atoms with van der Waals surface area (Å²) in [5, 5.41) is 15.8. The molecule has 2 aromatic rings. The van der Waals surface area contributed by atoms with Crippen LogP contribution in [0.2, 0.25) is 0 Å². The molecule has 1 heterocycles. The van der Waals surface area contributed by atoms with E-state index in [0.29, 0.717) is 0 Å². The quantitative estimate of drug-likeness (QED) is 0.861. The molecule has 1 aromatic carbocycles. The normalized spacial score (nSPS) is 10.2. The van der Waals surface area contributed by atoms with Gasteiger partial charge in [-0.1, -0.05) is 0 Å². The second kappa shape index (κ2) is 5.88. The molecule has 0 aliphatic carbocycles. The van der Waals surface area contributed by atoms with Crippen molar-refractivity contribution < 1.29 is 22.6 Å². The van der Waals surface area contributed by atoms with E-state index in [9.17, 15) is 13.2 Å². The molecule has 0 saturated heterocycles. The Morgan fingerprint density at radius 2 is 2.10 bits per heavy atom. The zero-order valence-corrected chi connectivity index (χ0v) is 9.76. The van der Waals surface area contributed by atoms with Gasteiger partial charge < -0.3 is 9.47 Å². The highest BCUT2D eigenvalue weighted by Crippen LogP contribution is 2.30. The van der Waals surface area contributed by atoms with Crippen LogP contribution in [0.1, 0.15) is 5.56 Å². The first-order valence-electron chi connectivity index (χ1n) is 5.24. The zero-order valence-electron chi connectivity index (χ0n) is 9.76. The van der Waals surface area contributed by atoms with E-state index >= 15 is 0 Å². The fourth-order valence-electron chi connectivity index (χ4n) is 1.38. The Bertz CT molecular complexity index is 644. The third kappa shape index (κ3) is 3.14. The van der Waals surface area contributed by atoms with Gasteiger partial charge in [0.1, 0.15) is 23.2 Å². The van der Waals surface area contributed by atoms with Gasteiger partial charge in [0, 0.05) is 24.4 Å². The maximum Gasteiger partial charge on any atom is 0.387 e. The maximum absolute atomic E-state index is 13.6. The third-order valence-corrected chi connectivity index (χ3v) is 2.13. The molecule has 2 rings (SSSR count). The number of benzene rings is 1. The average Bonchev–Trinajstić information content (AvgIpc) is 2.39. The molecule has 0 unspecified atom stereocenters. The van der Waals surface area contributed by atoms with Crippen LogP contribution in [0.3, 0.4) is 0 Å². The lowest BCUT2D eigenvalue weighted by atomic mass is 10.2. The van der Waals surface area contributed by atoms with E-state index in [4.69, 9.17) is 10.00 Å². The Balaban J connectivity index is 2.36. The van der Waals surface area contributed by atoms with Gasteiger partial charge >= 0.3 is 6.61 Å². The number of alkyl halides is 2. The van der Waals surface area contributed by atoms with Gasteiger partial charge in [-0.05, 0) is 6.07 Å². The van der Waals surface area contributed by atoms with Crippen molar-refractivity contribution in [3.8, 4) is 23.4 Å². The molecular weight excluding hydrogens is 275 g/mol. The maximum atomic E-state index is 13.6. The Kier molecular flexibility index (Phi) is 4.00. The summed E-state index contributed by atoms with van der Waals surface area (Å²) in [6.07, 6.45) is 1.40. The molecule has 8 heteroatoms. The van der Waals surface area contributed by atoms with E-state index in [1.165, 1.54) is 24.4 Å². The molecule has 0 bridgehead atoms. The van der Waals surface area contributed by atoms with Gasteiger partial charge in [-0.25, -0.2) is 4.39 Å². The summed E-state index contributed by atoms with van der Waals surface area (Å²) in [6, 6.07) is 6.25. The molecule has 0 amide bonds. The second-order valence-corrected chi connectivity index (χ2v) is 3.43. The number of nitrogens with zero attached hydrogens (tertiary/aromatic N) is 3. The first-order chi connectivity index (χ1) is 9.60. The summed E-state index contributed by atoms with van der Waals surface area (Å²) in [7, 11) is 0. The minimum atomic E-state index is -3.19. The smallest absolute Gasteiger partial charge is 0.387 e. The first-order valence-corrected chi connectivity index (χ1v) is 5.24. The van der Waals surface area contributed by atoms with Crippen molar-refractivity contribution in [3.05, 3.63) is 41.8 Å². The standard InChI is InChI=1S/C12H6F3N3O2/c13-9-4-7(19-11-2-1-3-17-18-11)5-10(8(9)6-16)20-12(14)15/h1-5,12H. The van der Waals surface area contributed by atoms with Crippen LogP contribution in [-0.2, 0) is 0 Å². The number of nitriles is 1. The van der Waals surface area contributed by atoms with Crippen LogP contribution in [-0.4, -0.2) is 16.8 Å². The summed E-state index contributed by atoms with van der Waals surface area (Å²) in [5.74, 6) is -1.75. The monoisotopic (exact) mass is 281 g/mol. The fourth-order valence-corrected chi connectivity index (χ4v) is 1.38. The van der Waals surface area contributed by atoms with Crippen molar-refractivity contribution in [1.29, 1.82) is 5.26 Å². The van der Waals surface area contributed by atoms with Crippen molar-refractivity contribution >= 4 is 0 Å². The Morgan fingerprint density at radius 3 is 2.70 bits per heavy atom. The van der Waals surface area contributed by atoms with Crippen molar-refractivity contribution in [2.75, 3.05) is 0 Å². The predicted molar refractivity (Wildman–Crippen MR) is 59.9 cm³/mol. The first kappa shape index (κ1) is 13.6. The lowest BCUT2D eigenvalue weighted by molar-refractivity contribution is -0.0502. The molecule has 20 heavy (non-hydrogen) atoms. The van der Waals surface area contributed by atoms with Crippen LogP contribution < -0.4 is 9.47 Å². The summed E-state index contributed by atoms with van der Waals surface area (Å²) in [5.41, 5.74) is -0.628. The molecule has 0 atom stereocenters. The molecule has 102 valence electrons. The van der Waals surface area contributed by atoms with Crippen LogP contribution in [0, 0.1) is 17.1 Å². The van der Waals surface area contributed by atoms with Gasteiger partial charge in [-0.3, -0.25) is 0 Å². The van der Waals surface area contributed by atoms with E-state index in [0.717, 1.165) is 12.1 Å². The number of aromatic nitrogens is 2. The number of hydrogen-bond donors (Lipinski definition) is 0. The van der Waals surface area contributed by atoms with Gasteiger partial charge in [0.05, 0.1) is 0 Å². The second-order valence-electron chi connectivity index (χ2n) is 3.43. The highest BCUT2D eigenvalue weighted by Gasteiger charge is 2.16. The SMILES string of the molecule is N#Cc1c(F)cc(Oc2cccnn2)cc1OC(F)F. The topological polar surface area (TPSA) is 68.0 Å². The summed E-state index contributed by atoms with van der Waals surface area (Å²) in [6.45, 7) is -3.19. The van der Waals surface area contributed by atoms with Gasteiger partial charge in [-0.2, -0.15) is 19.1 Å². The lowest BCUT2D eigenvalue weighted by Gasteiger charge is -2.10. The summed E-state index contributed by atoms with van der Waals surface area (Å²) < 4.78 is 47.2. The van der Waals surface area contributed by atoms with Crippen molar-refractivity contribution in [2.24, 2.45) is 0 Å². The lowest BCUT2D eigenvalue weighted by Crippen LogP contribution is -2.05. The number of rotatable bonds is 4. The molecule has 0 radical (unpaired) electrons. The highest BCUT2D eigenvalue weighted by molar-refractivity contribution is 5.49. The largest absolute Gasteiger partial charge is 0.437 e. The Morgan fingerprint density at radius 1 is 1.30 bits per heavy atom. The molecule has 0 fully saturated rings. The van der Waals surface area contributed by atoms with Crippen LogP contribution >= 0.6 is 0 Å². The number of hydrogen-bond acceptors (Lipinski definition) is 5. The van der Waals surface area contributed by atoms with Crippen LogP contribution in [0.5, 0.6) is 17.4 Å². The van der Waals surface area contributed by atoms with Crippen LogP contribution in [0.15, 0.2) is 30.5 Å². The Labute approximate surface area is 111 Å².